The molecule has 1 aromatic heterocycles. The molecule has 1 N–H and O–H groups in total. The molecule has 0 unspecified atom stereocenters. The van der Waals surface area contributed by atoms with Gasteiger partial charge in [-0.15, -0.1) is 0 Å². The maximum Gasteiger partial charge on any atom is 0.221 e. The van der Waals surface area contributed by atoms with Crippen molar-refractivity contribution in [1.29, 1.82) is 0 Å². The van der Waals surface area contributed by atoms with E-state index in [4.69, 9.17) is 23.9 Å². The molecular formula is C34H32FN3O5. The van der Waals surface area contributed by atoms with Gasteiger partial charge in [-0.05, 0) is 42.3 Å². The van der Waals surface area contributed by atoms with E-state index in [1.54, 1.807) is 12.1 Å². The Balaban J connectivity index is 1.51. The van der Waals surface area contributed by atoms with Crippen LogP contribution in [-0.4, -0.2) is 35.8 Å². The summed E-state index contributed by atoms with van der Waals surface area (Å²) >= 11 is 0. The van der Waals surface area contributed by atoms with E-state index in [-0.39, 0.29) is 36.2 Å². The van der Waals surface area contributed by atoms with E-state index in [9.17, 15) is 4.79 Å². The lowest BCUT2D eigenvalue weighted by atomic mass is 9.98. The minimum absolute atomic E-state index is 0.0679. The molecule has 43 heavy (non-hydrogen) atoms. The largest absolute Gasteiger partial charge is 0.493 e. The summed E-state index contributed by atoms with van der Waals surface area (Å²) < 4.78 is 42.5. The van der Waals surface area contributed by atoms with Gasteiger partial charge in [-0.25, -0.2) is 9.37 Å². The van der Waals surface area contributed by atoms with Crippen LogP contribution in [0.3, 0.4) is 0 Å². The fourth-order valence-electron chi connectivity index (χ4n) is 5.24. The van der Waals surface area contributed by atoms with Gasteiger partial charge < -0.3 is 28.8 Å². The van der Waals surface area contributed by atoms with E-state index in [1.165, 1.54) is 14.0 Å². The zero-order valence-corrected chi connectivity index (χ0v) is 24.2. The molecule has 0 spiro atoms. The molecule has 8 nitrogen and oxygen atoms in total. The van der Waals surface area contributed by atoms with Crippen LogP contribution in [0.2, 0.25) is 0 Å². The van der Waals surface area contributed by atoms with Crippen molar-refractivity contribution in [1.82, 2.24) is 9.55 Å². The van der Waals surface area contributed by atoms with Crippen LogP contribution in [0.1, 0.15) is 25.0 Å². The number of amides is 1. The third kappa shape index (κ3) is 5.63. The van der Waals surface area contributed by atoms with Gasteiger partial charge in [-0.1, -0.05) is 60.7 Å². The van der Waals surface area contributed by atoms with Crippen molar-refractivity contribution in [2.24, 2.45) is 0 Å². The summed E-state index contributed by atoms with van der Waals surface area (Å²) in [4.78, 5) is 16.6. The highest BCUT2D eigenvalue weighted by atomic mass is 19.1. The van der Waals surface area contributed by atoms with Crippen molar-refractivity contribution in [3.63, 3.8) is 0 Å². The van der Waals surface area contributed by atoms with Crippen molar-refractivity contribution in [3.8, 4) is 28.6 Å². The Morgan fingerprint density at radius 2 is 1.58 bits per heavy atom. The Bertz CT molecular complexity index is 1770. The van der Waals surface area contributed by atoms with Crippen molar-refractivity contribution in [2.75, 3.05) is 25.6 Å². The first-order valence-electron chi connectivity index (χ1n) is 14.0. The number of carbonyl (C=O) groups is 1. The summed E-state index contributed by atoms with van der Waals surface area (Å²) in [6.07, 6.45) is 0. The summed E-state index contributed by atoms with van der Waals surface area (Å²) in [7, 11) is 1.51. The lowest BCUT2D eigenvalue weighted by molar-refractivity contribution is -0.114. The predicted molar refractivity (Wildman–Crippen MR) is 162 cm³/mol. The summed E-state index contributed by atoms with van der Waals surface area (Å²) in [5.74, 6) is -0.0223. The number of carbonyl (C=O) groups excluding carboxylic acids is 1. The number of methoxy groups -OCH3 is 1. The topological polar surface area (TPSA) is 83.8 Å². The molecule has 1 saturated heterocycles. The molecule has 9 heteroatoms. The normalized spacial score (nSPS) is 13.8. The number of ether oxygens (including phenoxy) is 4. The van der Waals surface area contributed by atoms with Gasteiger partial charge in [0.1, 0.15) is 19.0 Å². The second kappa shape index (κ2) is 11.8. The highest BCUT2D eigenvalue weighted by Crippen LogP contribution is 2.47. The van der Waals surface area contributed by atoms with Crippen LogP contribution >= 0.6 is 0 Å². The average molecular weight is 582 g/mol. The van der Waals surface area contributed by atoms with E-state index < -0.39 is 11.4 Å². The molecule has 6 rings (SSSR count). The van der Waals surface area contributed by atoms with Crippen molar-refractivity contribution in [3.05, 3.63) is 102 Å². The number of imidazole rings is 1. The molecule has 5 aromatic rings. The molecule has 0 atom stereocenters. The molecule has 0 bridgehead atoms. The van der Waals surface area contributed by atoms with Crippen LogP contribution < -0.4 is 19.5 Å². The first-order valence-corrected chi connectivity index (χ1v) is 14.0. The smallest absolute Gasteiger partial charge is 0.221 e. The molecule has 1 aliphatic heterocycles. The van der Waals surface area contributed by atoms with Gasteiger partial charge in [-0.2, -0.15) is 0 Å². The fourth-order valence-corrected chi connectivity index (χ4v) is 5.24. The Kier molecular flexibility index (Phi) is 7.73. The summed E-state index contributed by atoms with van der Waals surface area (Å²) in [6.45, 7) is 4.64. The third-order valence-electron chi connectivity index (χ3n) is 7.39. The molecule has 0 saturated carbocycles. The van der Waals surface area contributed by atoms with Gasteiger partial charge >= 0.3 is 0 Å². The molecule has 1 amide bonds. The first kappa shape index (κ1) is 28.2. The number of benzene rings is 4. The third-order valence-corrected chi connectivity index (χ3v) is 7.39. The summed E-state index contributed by atoms with van der Waals surface area (Å²) in [5.41, 5.74) is 3.48. The number of nitrogens with one attached hydrogen (secondary N) is 1. The van der Waals surface area contributed by atoms with Crippen LogP contribution in [-0.2, 0) is 28.3 Å². The molecule has 0 radical (unpaired) electrons. The van der Waals surface area contributed by atoms with Crippen molar-refractivity contribution in [2.45, 2.75) is 32.6 Å². The second-order valence-corrected chi connectivity index (χ2v) is 10.8. The number of halogens is 1. The summed E-state index contributed by atoms with van der Waals surface area (Å²) in [5, 5.41) is 2.82. The zero-order valence-electron chi connectivity index (χ0n) is 24.2. The zero-order chi connectivity index (χ0) is 30.0. The number of hydrogen-bond donors (Lipinski definition) is 1. The van der Waals surface area contributed by atoms with Gasteiger partial charge in [0.25, 0.3) is 0 Å². The molecular weight excluding hydrogens is 549 g/mol. The number of anilines is 1. The second-order valence-electron chi connectivity index (χ2n) is 10.8. The number of rotatable bonds is 10. The SMILES string of the molecule is COc1cc(-c2nc3ccc(NC(C)=O)cc3n2C2(C)COC2)c(F)c(OCc2ccccc2)c1OCc1ccccc1. The monoisotopic (exact) mass is 581 g/mol. The summed E-state index contributed by atoms with van der Waals surface area (Å²) in [6, 6.07) is 26.2. The van der Waals surface area contributed by atoms with Crippen molar-refractivity contribution >= 4 is 22.6 Å². The van der Waals surface area contributed by atoms with Gasteiger partial charge in [0.15, 0.2) is 11.6 Å². The minimum Gasteiger partial charge on any atom is -0.493 e. The van der Waals surface area contributed by atoms with E-state index >= 15 is 4.39 Å². The van der Waals surface area contributed by atoms with Gasteiger partial charge in [-0.3, -0.25) is 4.79 Å². The highest BCUT2D eigenvalue weighted by molar-refractivity contribution is 5.92. The maximum absolute atomic E-state index is 16.8. The molecule has 0 aliphatic carbocycles. The lowest BCUT2D eigenvalue weighted by Crippen LogP contribution is -2.49. The van der Waals surface area contributed by atoms with Crippen LogP contribution in [0.25, 0.3) is 22.4 Å². The van der Waals surface area contributed by atoms with Crippen LogP contribution in [0, 0.1) is 5.82 Å². The number of nitrogens with zero attached hydrogens (tertiary/aromatic N) is 2. The minimum atomic E-state index is -0.623. The molecule has 1 aliphatic rings. The standard InChI is InChI=1S/C34H32FN3O5/c1-22(39)36-25-14-15-27-28(16-25)38(34(2)20-41-21-34)33(37-27)26-17-29(40-3)31(42-18-23-10-6-4-7-11-23)32(30(26)35)43-19-24-12-8-5-9-13-24/h4-17H,18-21H2,1-3H3,(H,36,39). The maximum atomic E-state index is 16.8. The Hall–Kier alpha value is -4.89. The van der Waals surface area contributed by atoms with Gasteiger partial charge in [0, 0.05) is 12.6 Å². The number of aromatic nitrogens is 2. The Morgan fingerprint density at radius 1 is 0.953 bits per heavy atom. The van der Waals surface area contributed by atoms with Gasteiger partial charge in [0.2, 0.25) is 17.4 Å². The lowest BCUT2D eigenvalue weighted by Gasteiger charge is -2.41. The molecule has 220 valence electrons. The number of hydrogen-bond acceptors (Lipinski definition) is 6. The van der Waals surface area contributed by atoms with Crippen LogP contribution in [0.5, 0.6) is 17.2 Å². The molecule has 4 aromatic carbocycles. The highest BCUT2D eigenvalue weighted by Gasteiger charge is 2.40. The molecule has 1 fully saturated rings. The van der Waals surface area contributed by atoms with E-state index in [2.05, 4.69) is 5.32 Å². The predicted octanol–water partition coefficient (Wildman–Crippen LogP) is 6.71. The van der Waals surface area contributed by atoms with Crippen molar-refractivity contribution < 1.29 is 28.1 Å². The fraction of sp³-hybridized carbons (Fsp3) is 0.235. The van der Waals surface area contributed by atoms with E-state index in [1.807, 2.05) is 84.3 Å². The first-order chi connectivity index (χ1) is 20.9. The quantitative estimate of drug-likeness (QED) is 0.197. The van der Waals surface area contributed by atoms with Gasteiger partial charge in [0.05, 0.1) is 42.5 Å². The average Bonchev–Trinajstić information content (AvgIpc) is 3.38. The Labute approximate surface area is 249 Å². The molecule has 2 heterocycles. The number of fused-ring (bicyclic) bond motifs is 1. The van der Waals surface area contributed by atoms with Crippen LogP contribution in [0.15, 0.2) is 84.9 Å². The van der Waals surface area contributed by atoms with Crippen LogP contribution in [0.4, 0.5) is 10.1 Å². The van der Waals surface area contributed by atoms with E-state index in [0.29, 0.717) is 36.0 Å². The Morgan fingerprint density at radius 3 is 2.14 bits per heavy atom. The van der Waals surface area contributed by atoms with E-state index in [0.717, 1.165) is 16.6 Å².